The molecule has 184 valence electrons. The summed E-state index contributed by atoms with van der Waals surface area (Å²) < 4.78 is 86.2. The van der Waals surface area contributed by atoms with Gasteiger partial charge in [0.25, 0.3) is 0 Å². The second-order valence-electron chi connectivity index (χ2n) is 8.56. The molecule has 2 aliphatic heterocycles. The van der Waals surface area contributed by atoms with Gasteiger partial charge in [-0.2, -0.15) is 26.3 Å². The van der Waals surface area contributed by atoms with Gasteiger partial charge in [0.15, 0.2) is 17.9 Å². The summed E-state index contributed by atoms with van der Waals surface area (Å²) in [7, 11) is 0. The van der Waals surface area contributed by atoms with Crippen LogP contribution in [0.4, 0.5) is 26.3 Å². The number of benzene rings is 2. The number of carbonyl (C=O) groups is 1. The third-order valence-electron chi connectivity index (χ3n) is 6.31. The maximum absolute atomic E-state index is 14.2. The Balaban J connectivity index is 1.66. The van der Waals surface area contributed by atoms with Crippen molar-refractivity contribution in [2.45, 2.75) is 50.4 Å². The standard InChI is InChI=1S/C23H20Br2F6N2O/c24-17-3-1-13-5-7-32(11-15(13)9-17)20(22(26,27)28)19(34)21(23(29,30)31)33-8-6-14-2-4-18(25)10-16(14)12-33/h1-4,9-10,20-21H,5-8,11-12H2. The van der Waals surface area contributed by atoms with Gasteiger partial charge in [-0.3, -0.25) is 14.6 Å². The molecule has 0 amide bonds. The van der Waals surface area contributed by atoms with E-state index in [-0.39, 0.29) is 39.0 Å². The molecule has 2 unspecified atom stereocenters. The third-order valence-corrected chi connectivity index (χ3v) is 7.30. The van der Waals surface area contributed by atoms with E-state index < -0.39 is 30.2 Å². The zero-order valence-corrected chi connectivity index (χ0v) is 20.9. The zero-order chi connectivity index (χ0) is 24.8. The van der Waals surface area contributed by atoms with Crippen molar-refractivity contribution < 1.29 is 31.1 Å². The number of alkyl halides is 6. The molecule has 2 atom stereocenters. The number of ketones is 1. The second kappa shape index (κ2) is 9.55. The van der Waals surface area contributed by atoms with Crippen LogP contribution in [-0.4, -0.2) is 53.1 Å². The average molecular weight is 614 g/mol. The van der Waals surface area contributed by atoms with Gasteiger partial charge in [0.05, 0.1) is 0 Å². The Morgan fingerprint density at radius 3 is 1.44 bits per heavy atom. The Hall–Kier alpha value is -1.43. The number of rotatable bonds is 4. The van der Waals surface area contributed by atoms with Crippen LogP contribution in [-0.2, 0) is 30.7 Å². The molecule has 2 aromatic rings. The van der Waals surface area contributed by atoms with Gasteiger partial charge < -0.3 is 0 Å². The van der Waals surface area contributed by atoms with Gasteiger partial charge in [-0.15, -0.1) is 0 Å². The molecular weight excluding hydrogens is 594 g/mol. The first-order chi connectivity index (χ1) is 15.8. The highest BCUT2D eigenvalue weighted by Crippen LogP contribution is 2.37. The van der Waals surface area contributed by atoms with Gasteiger partial charge in [-0.05, 0) is 59.4 Å². The number of carbonyl (C=O) groups excluding carboxylic acids is 1. The maximum atomic E-state index is 14.2. The van der Waals surface area contributed by atoms with Crippen molar-refractivity contribution in [1.29, 1.82) is 0 Å². The molecule has 3 nitrogen and oxygen atoms in total. The predicted molar refractivity (Wildman–Crippen MR) is 121 cm³/mol. The first-order valence-electron chi connectivity index (χ1n) is 10.5. The second-order valence-corrected chi connectivity index (χ2v) is 10.4. The Kier molecular flexibility index (Phi) is 7.21. The summed E-state index contributed by atoms with van der Waals surface area (Å²) in [6, 6.07) is 4.62. The number of halogens is 8. The van der Waals surface area contributed by atoms with Crippen molar-refractivity contribution in [3.05, 3.63) is 67.6 Å². The van der Waals surface area contributed by atoms with E-state index in [1.165, 1.54) is 0 Å². The topological polar surface area (TPSA) is 23.6 Å². The highest BCUT2D eigenvalue weighted by atomic mass is 79.9. The predicted octanol–water partition coefficient (Wildman–Crippen LogP) is 6.06. The lowest BCUT2D eigenvalue weighted by atomic mass is 9.93. The molecule has 2 aliphatic rings. The minimum atomic E-state index is -5.15. The Morgan fingerprint density at radius 1 is 0.706 bits per heavy atom. The summed E-state index contributed by atoms with van der Waals surface area (Å²) in [4.78, 5) is 14.8. The van der Waals surface area contributed by atoms with Crippen LogP contribution < -0.4 is 0 Å². The van der Waals surface area contributed by atoms with Crippen LogP contribution in [0.3, 0.4) is 0 Å². The molecule has 11 heteroatoms. The first-order valence-corrected chi connectivity index (χ1v) is 12.1. The van der Waals surface area contributed by atoms with Gasteiger partial charge in [-0.25, -0.2) is 0 Å². The molecule has 2 aromatic carbocycles. The Labute approximate surface area is 209 Å². The normalized spacial score (nSPS) is 19.3. The lowest BCUT2D eigenvalue weighted by Gasteiger charge is -2.41. The number of hydrogen-bond donors (Lipinski definition) is 0. The molecule has 0 radical (unpaired) electrons. The summed E-state index contributed by atoms with van der Waals surface area (Å²) in [5.74, 6) is -1.88. The molecule has 0 saturated carbocycles. The summed E-state index contributed by atoms with van der Waals surface area (Å²) in [6.07, 6.45) is -9.88. The highest BCUT2D eigenvalue weighted by molar-refractivity contribution is 9.10. The maximum Gasteiger partial charge on any atom is 0.411 e. The lowest BCUT2D eigenvalue weighted by Crippen LogP contribution is -2.62. The SMILES string of the molecule is O=C(C(N1CCc2ccc(Br)cc2C1)C(F)(F)F)C(N1CCc2ccc(Br)cc2C1)C(F)(F)F. The minimum Gasteiger partial charge on any atom is -0.295 e. The number of Topliss-reactive ketones (excluding diaryl/α,β-unsaturated/α-hetero) is 1. The fourth-order valence-corrected chi connectivity index (χ4v) is 5.60. The van der Waals surface area contributed by atoms with Crippen molar-refractivity contribution in [1.82, 2.24) is 9.80 Å². The van der Waals surface area contributed by atoms with Gasteiger partial charge in [-0.1, -0.05) is 44.0 Å². The van der Waals surface area contributed by atoms with Crippen LogP contribution in [0, 0.1) is 0 Å². The van der Waals surface area contributed by atoms with E-state index in [1.807, 2.05) is 0 Å². The monoisotopic (exact) mass is 612 g/mol. The molecule has 0 N–H and O–H groups in total. The lowest BCUT2D eigenvalue weighted by molar-refractivity contribution is -0.215. The van der Waals surface area contributed by atoms with Crippen molar-refractivity contribution in [3.63, 3.8) is 0 Å². The molecule has 34 heavy (non-hydrogen) atoms. The molecule has 0 spiro atoms. The molecule has 0 saturated heterocycles. The fourth-order valence-electron chi connectivity index (χ4n) is 4.78. The van der Waals surface area contributed by atoms with Crippen LogP contribution in [0.1, 0.15) is 22.3 Å². The third kappa shape index (κ3) is 5.37. The summed E-state index contributed by atoms with van der Waals surface area (Å²) in [5, 5.41) is 0. The van der Waals surface area contributed by atoms with Crippen LogP contribution in [0.5, 0.6) is 0 Å². The highest BCUT2D eigenvalue weighted by Gasteiger charge is 2.58. The van der Waals surface area contributed by atoms with Crippen molar-refractivity contribution in [2.24, 2.45) is 0 Å². The van der Waals surface area contributed by atoms with Crippen LogP contribution in [0.15, 0.2) is 45.3 Å². The Bertz CT molecular complexity index is 1000. The Morgan fingerprint density at radius 2 is 1.09 bits per heavy atom. The van der Waals surface area contributed by atoms with Crippen molar-refractivity contribution in [3.8, 4) is 0 Å². The molecule has 0 fully saturated rings. The van der Waals surface area contributed by atoms with Gasteiger partial charge in [0.2, 0.25) is 0 Å². The minimum absolute atomic E-state index is 0.162. The summed E-state index contributed by atoms with van der Waals surface area (Å²) in [6.45, 7) is -0.841. The molecule has 2 heterocycles. The van der Waals surface area contributed by atoms with E-state index >= 15 is 0 Å². The van der Waals surface area contributed by atoms with Crippen molar-refractivity contribution in [2.75, 3.05) is 13.1 Å². The fraction of sp³-hybridized carbons (Fsp3) is 0.435. The van der Waals surface area contributed by atoms with Gasteiger partial charge in [0.1, 0.15) is 0 Å². The number of hydrogen-bond acceptors (Lipinski definition) is 3. The number of nitrogens with zero attached hydrogens (tertiary/aromatic N) is 2. The molecule has 0 aliphatic carbocycles. The van der Waals surface area contributed by atoms with E-state index in [0.717, 1.165) is 20.9 Å². The smallest absolute Gasteiger partial charge is 0.295 e. The van der Waals surface area contributed by atoms with Gasteiger partial charge in [0, 0.05) is 35.1 Å². The molecule has 0 bridgehead atoms. The quantitative estimate of drug-likeness (QED) is 0.392. The van der Waals surface area contributed by atoms with Gasteiger partial charge >= 0.3 is 12.4 Å². The van der Waals surface area contributed by atoms with Crippen LogP contribution in [0.2, 0.25) is 0 Å². The van der Waals surface area contributed by atoms with E-state index in [1.54, 1.807) is 36.4 Å². The van der Waals surface area contributed by atoms with Crippen LogP contribution >= 0.6 is 31.9 Å². The molecule has 0 aromatic heterocycles. The number of fused-ring (bicyclic) bond motifs is 2. The average Bonchev–Trinajstić information content (AvgIpc) is 2.71. The van der Waals surface area contributed by atoms with E-state index in [4.69, 9.17) is 0 Å². The van der Waals surface area contributed by atoms with Crippen LogP contribution in [0.25, 0.3) is 0 Å². The van der Waals surface area contributed by atoms with E-state index in [0.29, 0.717) is 20.1 Å². The zero-order valence-electron chi connectivity index (χ0n) is 17.7. The summed E-state index contributed by atoms with van der Waals surface area (Å²) in [5.41, 5.74) is 2.75. The molecule has 4 rings (SSSR count). The van der Waals surface area contributed by atoms with E-state index in [2.05, 4.69) is 31.9 Å². The first kappa shape index (κ1) is 25.7. The van der Waals surface area contributed by atoms with Crippen molar-refractivity contribution >= 4 is 37.6 Å². The largest absolute Gasteiger partial charge is 0.411 e. The summed E-state index contributed by atoms with van der Waals surface area (Å²) >= 11 is 6.54. The molecular formula is C23H20Br2F6N2O. The van der Waals surface area contributed by atoms with E-state index in [9.17, 15) is 31.1 Å².